The van der Waals surface area contributed by atoms with Crippen LogP contribution in [0.5, 0.6) is 0 Å². The Morgan fingerprint density at radius 3 is 2.67 bits per heavy atom. The predicted octanol–water partition coefficient (Wildman–Crippen LogP) is 3.75. The van der Waals surface area contributed by atoms with Crippen molar-refractivity contribution in [2.75, 3.05) is 7.05 Å². The highest BCUT2D eigenvalue weighted by molar-refractivity contribution is 7.80. The Morgan fingerprint density at radius 1 is 1.24 bits per heavy atom. The second-order valence-electron chi connectivity index (χ2n) is 4.97. The van der Waals surface area contributed by atoms with Gasteiger partial charge < -0.3 is 5.73 Å². The fraction of sp³-hybridized carbons (Fsp3) is 0.188. The Hall–Kier alpha value is -1.49. The molecule has 110 valence electrons. The number of nitrogens with zero attached hydrogens (tertiary/aromatic N) is 1. The van der Waals surface area contributed by atoms with Gasteiger partial charge in [-0.2, -0.15) is 0 Å². The molecule has 0 aliphatic heterocycles. The number of nitrogens with two attached hydrogens (primary N) is 1. The normalized spacial score (nSPS) is 10.9. The maximum atomic E-state index is 13.0. The van der Waals surface area contributed by atoms with Gasteiger partial charge in [-0.3, -0.25) is 4.90 Å². The first-order chi connectivity index (χ1) is 9.95. The van der Waals surface area contributed by atoms with Gasteiger partial charge in [0.25, 0.3) is 0 Å². The van der Waals surface area contributed by atoms with Crippen LogP contribution in [0, 0.1) is 5.82 Å². The summed E-state index contributed by atoms with van der Waals surface area (Å²) < 4.78 is 13.0. The molecule has 0 aliphatic rings. The molecule has 2 aromatic carbocycles. The Balaban J connectivity index is 2.06. The third kappa shape index (κ3) is 4.49. The van der Waals surface area contributed by atoms with Gasteiger partial charge in [0.15, 0.2) is 0 Å². The number of benzene rings is 2. The van der Waals surface area contributed by atoms with E-state index in [1.165, 1.54) is 12.1 Å². The lowest BCUT2D eigenvalue weighted by molar-refractivity contribution is 0.319. The van der Waals surface area contributed by atoms with E-state index in [9.17, 15) is 4.39 Å². The minimum absolute atomic E-state index is 0.324. The molecule has 2 nitrogen and oxygen atoms in total. The van der Waals surface area contributed by atoms with Gasteiger partial charge in [-0.25, -0.2) is 4.39 Å². The maximum absolute atomic E-state index is 13.0. The van der Waals surface area contributed by atoms with E-state index in [-0.39, 0.29) is 5.82 Å². The summed E-state index contributed by atoms with van der Waals surface area (Å²) in [4.78, 5) is 2.48. The van der Waals surface area contributed by atoms with Crippen LogP contribution >= 0.6 is 23.8 Å². The van der Waals surface area contributed by atoms with Gasteiger partial charge in [0, 0.05) is 23.7 Å². The fourth-order valence-electron chi connectivity index (χ4n) is 2.13. The molecule has 0 saturated carbocycles. The lowest BCUT2D eigenvalue weighted by Crippen LogP contribution is -2.18. The summed E-state index contributed by atoms with van der Waals surface area (Å²) in [6.45, 7) is 1.36. The lowest BCUT2D eigenvalue weighted by atomic mass is 10.1. The van der Waals surface area contributed by atoms with Gasteiger partial charge in [-0.05, 0) is 36.4 Å². The second-order valence-corrected chi connectivity index (χ2v) is 5.82. The molecule has 2 aromatic rings. The topological polar surface area (TPSA) is 29.3 Å². The average Bonchev–Trinajstić information content (AvgIpc) is 2.42. The van der Waals surface area contributed by atoms with Crippen molar-refractivity contribution in [3.05, 3.63) is 70.0 Å². The van der Waals surface area contributed by atoms with E-state index in [0.29, 0.717) is 16.6 Å². The third-order valence-electron chi connectivity index (χ3n) is 3.12. The monoisotopic (exact) mass is 322 g/mol. The number of thiocarbonyl (C=S) groups is 1. The van der Waals surface area contributed by atoms with E-state index in [1.54, 1.807) is 6.07 Å². The highest BCUT2D eigenvalue weighted by Crippen LogP contribution is 2.19. The molecule has 0 fully saturated rings. The predicted molar refractivity (Wildman–Crippen MR) is 88.9 cm³/mol. The van der Waals surface area contributed by atoms with Gasteiger partial charge >= 0.3 is 0 Å². The zero-order chi connectivity index (χ0) is 15.4. The van der Waals surface area contributed by atoms with E-state index in [4.69, 9.17) is 29.6 Å². The minimum atomic E-state index is -0.324. The summed E-state index contributed by atoms with van der Waals surface area (Å²) in [5.41, 5.74) is 8.50. The van der Waals surface area contributed by atoms with Crippen molar-refractivity contribution in [1.82, 2.24) is 4.90 Å². The molecule has 0 bridgehead atoms. The Morgan fingerprint density at radius 2 is 2.00 bits per heavy atom. The summed E-state index contributed by atoms with van der Waals surface area (Å²) >= 11 is 11.0. The van der Waals surface area contributed by atoms with Crippen molar-refractivity contribution in [3.8, 4) is 0 Å². The van der Waals surface area contributed by atoms with Gasteiger partial charge in [0.05, 0.1) is 0 Å². The molecule has 2 N–H and O–H groups in total. The summed E-state index contributed by atoms with van der Waals surface area (Å²) in [6, 6.07) is 12.3. The quantitative estimate of drug-likeness (QED) is 0.850. The average molecular weight is 323 g/mol. The zero-order valence-electron chi connectivity index (χ0n) is 11.6. The summed E-state index contributed by atoms with van der Waals surface area (Å²) in [6.07, 6.45) is 0. The number of hydrogen-bond donors (Lipinski definition) is 1. The Bertz CT molecular complexity index is 660. The molecule has 0 saturated heterocycles. The molecular formula is C16H16ClFN2S. The van der Waals surface area contributed by atoms with Gasteiger partial charge in [-0.15, -0.1) is 0 Å². The number of halogens is 2. The van der Waals surface area contributed by atoms with E-state index < -0.39 is 0 Å². The van der Waals surface area contributed by atoms with Crippen LogP contribution in [0.2, 0.25) is 5.02 Å². The van der Waals surface area contributed by atoms with Crippen LogP contribution < -0.4 is 5.73 Å². The van der Waals surface area contributed by atoms with Crippen molar-refractivity contribution in [2.45, 2.75) is 13.1 Å². The highest BCUT2D eigenvalue weighted by Gasteiger charge is 2.07. The largest absolute Gasteiger partial charge is 0.389 e. The molecule has 2 rings (SSSR count). The van der Waals surface area contributed by atoms with Crippen LogP contribution in [-0.2, 0) is 13.1 Å². The molecule has 0 amide bonds. The molecule has 0 radical (unpaired) electrons. The van der Waals surface area contributed by atoms with E-state index in [2.05, 4.69) is 4.90 Å². The molecular weight excluding hydrogens is 307 g/mol. The SMILES string of the molecule is CN(Cc1cccc(C(N)=S)c1)Cc1ccc(F)cc1Cl. The first kappa shape index (κ1) is 15.9. The van der Waals surface area contributed by atoms with Crippen LogP contribution in [-0.4, -0.2) is 16.9 Å². The van der Waals surface area contributed by atoms with Crippen LogP contribution in [0.15, 0.2) is 42.5 Å². The van der Waals surface area contributed by atoms with Crippen molar-refractivity contribution >= 4 is 28.8 Å². The van der Waals surface area contributed by atoms with E-state index in [1.807, 2.05) is 31.3 Å². The van der Waals surface area contributed by atoms with E-state index in [0.717, 1.165) is 23.2 Å². The van der Waals surface area contributed by atoms with Crippen molar-refractivity contribution in [2.24, 2.45) is 5.73 Å². The smallest absolute Gasteiger partial charge is 0.124 e. The molecule has 0 heterocycles. The maximum Gasteiger partial charge on any atom is 0.124 e. The first-order valence-corrected chi connectivity index (χ1v) is 7.25. The van der Waals surface area contributed by atoms with Gasteiger partial charge in [-0.1, -0.05) is 48.1 Å². The Kier molecular flexibility index (Phi) is 5.28. The summed E-state index contributed by atoms with van der Waals surface area (Å²) in [7, 11) is 1.98. The van der Waals surface area contributed by atoms with Crippen LogP contribution in [0.1, 0.15) is 16.7 Å². The molecule has 0 aromatic heterocycles. The highest BCUT2D eigenvalue weighted by atomic mass is 35.5. The first-order valence-electron chi connectivity index (χ1n) is 6.47. The standard InChI is InChI=1S/C16H16ClFN2S/c1-20(10-13-5-6-14(18)8-15(13)17)9-11-3-2-4-12(7-11)16(19)21/h2-8H,9-10H2,1H3,(H2,19,21). The second kappa shape index (κ2) is 6.98. The Labute approximate surface area is 134 Å². The number of hydrogen-bond acceptors (Lipinski definition) is 2. The molecule has 0 aliphatic carbocycles. The van der Waals surface area contributed by atoms with Crippen molar-refractivity contribution < 1.29 is 4.39 Å². The van der Waals surface area contributed by atoms with Crippen LogP contribution in [0.3, 0.4) is 0 Å². The fourth-order valence-corrected chi connectivity index (χ4v) is 2.49. The molecule has 21 heavy (non-hydrogen) atoms. The molecule has 0 atom stereocenters. The minimum Gasteiger partial charge on any atom is -0.389 e. The van der Waals surface area contributed by atoms with E-state index >= 15 is 0 Å². The molecule has 0 spiro atoms. The van der Waals surface area contributed by atoms with Crippen LogP contribution in [0.4, 0.5) is 4.39 Å². The summed E-state index contributed by atoms with van der Waals surface area (Å²) in [5, 5.41) is 0.443. The third-order valence-corrected chi connectivity index (χ3v) is 3.71. The zero-order valence-corrected chi connectivity index (χ0v) is 13.2. The van der Waals surface area contributed by atoms with Crippen molar-refractivity contribution in [1.29, 1.82) is 0 Å². The van der Waals surface area contributed by atoms with Crippen LogP contribution in [0.25, 0.3) is 0 Å². The number of rotatable bonds is 5. The lowest BCUT2D eigenvalue weighted by Gasteiger charge is -2.18. The molecule has 0 unspecified atom stereocenters. The molecule has 5 heteroatoms. The summed E-state index contributed by atoms with van der Waals surface area (Å²) in [5.74, 6) is -0.324. The van der Waals surface area contributed by atoms with Gasteiger partial charge in [0.2, 0.25) is 0 Å². The van der Waals surface area contributed by atoms with Crippen molar-refractivity contribution in [3.63, 3.8) is 0 Å². The van der Waals surface area contributed by atoms with Gasteiger partial charge in [0.1, 0.15) is 10.8 Å².